The molecule has 4 bridgehead atoms. The van der Waals surface area contributed by atoms with Gasteiger partial charge in [-0.2, -0.15) is 0 Å². The summed E-state index contributed by atoms with van der Waals surface area (Å²) in [6.07, 6.45) is 1.86. The molecular weight excluding hydrogens is 418 g/mol. The maximum absolute atomic E-state index is 13.9. The highest BCUT2D eigenvalue weighted by molar-refractivity contribution is 6.30. The zero-order chi connectivity index (χ0) is 22.3. The lowest BCUT2D eigenvalue weighted by atomic mass is 9.58. The molecule has 170 valence electrons. The van der Waals surface area contributed by atoms with E-state index < -0.39 is 5.54 Å². The smallest absolute Gasteiger partial charge is 0.240 e. The number of likely N-dealkylation sites (tertiary alicyclic amines) is 1. The van der Waals surface area contributed by atoms with Crippen molar-refractivity contribution in [2.75, 3.05) is 19.6 Å². The number of nitrogens with one attached hydrogen (secondary N) is 2. The summed E-state index contributed by atoms with van der Waals surface area (Å²) in [5.74, 6) is 2.29. The average molecular weight is 452 g/mol. The quantitative estimate of drug-likeness (QED) is 0.665. The van der Waals surface area contributed by atoms with Gasteiger partial charge in [-0.15, -0.1) is 0 Å². The largest absolute Gasteiger partial charge is 0.350 e. The number of hydrogen-bond donors (Lipinski definition) is 2. The number of halogens is 1. The lowest BCUT2D eigenvalue weighted by Gasteiger charge is -2.56. The van der Waals surface area contributed by atoms with Crippen LogP contribution in [0, 0.1) is 23.7 Å². The molecule has 3 heterocycles. The lowest BCUT2D eigenvalue weighted by Crippen LogP contribution is -2.74. The summed E-state index contributed by atoms with van der Waals surface area (Å²) in [5.41, 5.74) is 1.85. The predicted octanol–water partition coefficient (Wildman–Crippen LogP) is 4.13. The Hall–Kier alpha value is -1.88. The summed E-state index contributed by atoms with van der Waals surface area (Å²) in [6, 6.07) is 18.9. The second-order valence-corrected chi connectivity index (χ2v) is 10.9. The summed E-state index contributed by atoms with van der Waals surface area (Å²) in [7, 11) is 0. The van der Waals surface area contributed by atoms with Gasteiger partial charge in [0.05, 0.1) is 0 Å². The number of amides is 1. The summed E-state index contributed by atoms with van der Waals surface area (Å²) in [5, 5.41) is 7.74. The molecule has 5 heteroatoms. The fourth-order valence-corrected chi connectivity index (χ4v) is 6.89. The Kier molecular flexibility index (Phi) is 6.04. The molecule has 3 aliphatic heterocycles. The molecule has 4 nitrogen and oxygen atoms in total. The number of carbonyl (C=O) groups excluding carboxylic acids is 1. The predicted molar refractivity (Wildman–Crippen MR) is 129 cm³/mol. The van der Waals surface area contributed by atoms with Crippen LogP contribution in [0.3, 0.4) is 0 Å². The van der Waals surface area contributed by atoms with E-state index >= 15 is 0 Å². The highest BCUT2D eigenvalue weighted by Gasteiger charge is 2.64. The molecule has 0 spiro atoms. The van der Waals surface area contributed by atoms with E-state index in [0.717, 1.165) is 38.0 Å². The first-order valence-corrected chi connectivity index (χ1v) is 12.4. The molecule has 4 fully saturated rings. The number of rotatable bonds is 7. The van der Waals surface area contributed by atoms with Gasteiger partial charge in [0.1, 0.15) is 5.54 Å². The third-order valence-corrected chi connectivity index (χ3v) is 8.10. The van der Waals surface area contributed by atoms with Gasteiger partial charge >= 0.3 is 0 Å². The molecule has 0 aromatic heterocycles. The van der Waals surface area contributed by atoms with Gasteiger partial charge in [-0.05, 0) is 53.9 Å². The summed E-state index contributed by atoms with van der Waals surface area (Å²) >= 11 is 6.16. The second kappa shape index (κ2) is 8.81. The van der Waals surface area contributed by atoms with Gasteiger partial charge in [0.2, 0.25) is 5.91 Å². The minimum Gasteiger partial charge on any atom is -0.350 e. The van der Waals surface area contributed by atoms with E-state index in [9.17, 15) is 4.79 Å². The monoisotopic (exact) mass is 451 g/mol. The zero-order valence-electron chi connectivity index (χ0n) is 19.1. The van der Waals surface area contributed by atoms with Crippen LogP contribution in [0.2, 0.25) is 5.02 Å². The maximum atomic E-state index is 13.9. The van der Waals surface area contributed by atoms with Crippen LogP contribution in [0.4, 0.5) is 0 Å². The van der Waals surface area contributed by atoms with Crippen molar-refractivity contribution in [3.8, 4) is 0 Å². The maximum Gasteiger partial charge on any atom is 0.240 e. The Morgan fingerprint density at radius 2 is 1.97 bits per heavy atom. The van der Waals surface area contributed by atoms with Gasteiger partial charge in [0.15, 0.2) is 0 Å². The van der Waals surface area contributed by atoms with Crippen LogP contribution in [-0.2, 0) is 17.8 Å². The number of benzene rings is 2. The van der Waals surface area contributed by atoms with Crippen LogP contribution in [-0.4, -0.2) is 42.0 Å². The number of carbonyl (C=O) groups is 1. The van der Waals surface area contributed by atoms with Crippen molar-refractivity contribution in [2.24, 2.45) is 23.7 Å². The molecular formula is C27H34ClN3O. The van der Waals surface area contributed by atoms with Gasteiger partial charge in [-0.3, -0.25) is 9.69 Å². The van der Waals surface area contributed by atoms with Crippen molar-refractivity contribution >= 4 is 17.5 Å². The SMILES string of the molecule is CC(C)CN1CC2CC3(C(=O)NCc4cccc(Cl)c4)NCC2C1C3Cc1ccccc1. The Balaban J connectivity index is 1.43. The van der Waals surface area contributed by atoms with Crippen molar-refractivity contribution in [3.05, 3.63) is 70.7 Å². The number of piperidine rings is 2. The highest BCUT2D eigenvalue weighted by atomic mass is 35.5. The third-order valence-electron chi connectivity index (χ3n) is 7.86. The minimum absolute atomic E-state index is 0.151. The number of hydrogen-bond acceptors (Lipinski definition) is 3. The van der Waals surface area contributed by atoms with Crippen molar-refractivity contribution in [1.29, 1.82) is 0 Å². The molecule has 0 radical (unpaired) electrons. The van der Waals surface area contributed by atoms with Gasteiger partial charge in [-0.1, -0.05) is 67.9 Å². The van der Waals surface area contributed by atoms with Crippen LogP contribution in [0.5, 0.6) is 0 Å². The van der Waals surface area contributed by atoms with Crippen LogP contribution in [0.15, 0.2) is 54.6 Å². The molecule has 3 saturated heterocycles. The molecule has 32 heavy (non-hydrogen) atoms. The molecule has 2 N–H and O–H groups in total. The molecule has 5 unspecified atom stereocenters. The first-order valence-electron chi connectivity index (χ1n) is 12.0. The number of nitrogens with zero attached hydrogens (tertiary/aromatic N) is 1. The van der Waals surface area contributed by atoms with E-state index in [-0.39, 0.29) is 11.8 Å². The molecule has 6 rings (SSSR count). The van der Waals surface area contributed by atoms with E-state index in [0.29, 0.717) is 35.4 Å². The summed E-state index contributed by atoms with van der Waals surface area (Å²) in [4.78, 5) is 16.6. The van der Waals surface area contributed by atoms with Crippen molar-refractivity contribution in [1.82, 2.24) is 15.5 Å². The minimum atomic E-state index is -0.510. The van der Waals surface area contributed by atoms with Gasteiger partial charge in [0.25, 0.3) is 0 Å². The third kappa shape index (κ3) is 3.98. The van der Waals surface area contributed by atoms with Crippen LogP contribution < -0.4 is 10.6 Å². The number of fused-ring (bicyclic) bond motifs is 1. The van der Waals surface area contributed by atoms with Gasteiger partial charge < -0.3 is 10.6 Å². The van der Waals surface area contributed by atoms with Crippen molar-refractivity contribution in [3.63, 3.8) is 0 Å². The standard InChI is InChI=1S/C27H34ClN3O/c1-18(2)16-31-17-21-13-27(26(32)29-14-20-9-6-10-22(28)11-20)24(25(31)23(21)15-30-27)12-19-7-4-3-5-8-19/h3-11,18,21,23-25,30H,12-17H2,1-2H3,(H,29,32). The first kappa shape index (κ1) is 21.9. The summed E-state index contributed by atoms with van der Waals surface area (Å²) < 4.78 is 0. The van der Waals surface area contributed by atoms with E-state index in [2.05, 4.69) is 59.7 Å². The highest BCUT2D eigenvalue weighted by Crippen LogP contribution is 2.53. The lowest BCUT2D eigenvalue weighted by molar-refractivity contribution is -0.138. The van der Waals surface area contributed by atoms with E-state index in [4.69, 9.17) is 11.6 Å². The van der Waals surface area contributed by atoms with Crippen LogP contribution in [0.25, 0.3) is 0 Å². The fourth-order valence-electron chi connectivity index (χ4n) is 6.68. The van der Waals surface area contributed by atoms with E-state index in [1.165, 1.54) is 5.56 Å². The topological polar surface area (TPSA) is 44.4 Å². The first-order chi connectivity index (χ1) is 15.5. The van der Waals surface area contributed by atoms with Crippen molar-refractivity contribution in [2.45, 2.75) is 44.8 Å². The molecule has 1 aliphatic carbocycles. The van der Waals surface area contributed by atoms with Crippen LogP contribution in [0.1, 0.15) is 31.4 Å². The van der Waals surface area contributed by atoms with Crippen LogP contribution >= 0.6 is 11.6 Å². The van der Waals surface area contributed by atoms with E-state index in [1.54, 1.807) is 0 Å². The Morgan fingerprint density at radius 3 is 2.72 bits per heavy atom. The molecule has 4 aliphatic rings. The molecule has 2 aromatic rings. The van der Waals surface area contributed by atoms with E-state index in [1.807, 2.05) is 24.3 Å². The summed E-state index contributed by atoms with van der Waals surface area (Å²) in [6.45, 7) is 8.30. The normalized spacial score (nSPS) is 31.2. The molecule has 1 amide bonds. The van der Waals surface area contributed by atoms with Gasteiger partial charge in [-0.25, -0.2) is 0 Å². The Bertz CT molecular complexity index is 964. The Labute approximate surface area is 196 Å². The molecule has 5 atom stereocenters. The second-order valence-electron chi connectivity index (χ2n) is 10.4. The van der Waals surface area contributed by atoms with Crippen molar-refractivity contribution < 1.29 is 4.79 Å². The average Bonchev–Trinajstić information content (AvgIpc) is 3.07. The molecule has 2 aromatic carbocycles. The molecule has 1 saturated carbocycles. The zero-order valence-corrected chi connectivity index (χ0v) is 19.8. The van der Waals surface area contributed by atoms with Gasteiger partial charge in [0, 0.05) is 43.2 Å². The Morgan fingerprint density at radius 1 is 1.19 bits per heavy atom. The fraction of sp³-hybridized carbons (Fsp3) is 0.519.